The lowest BCUT2D eigenvalue weighted by atomic mass is 9.85. The maximum atomic E-state index is 12.0. The van der Waals surface area contributed by atoms with E-state index in [1.807, 2.05) is 0 Å². The second-order valence-electron chi connectivity index (χ2n) is 5.57. The van der Waals surface area contributed by atoms with Gasteiger partial charge in [0.1, 0.15) is 0 Å². The molecule has 0 heterocycles. The molecule has 0 saturated heterocycles. The zero-order valence-electron chi connectivity index (χ0n) is 10.6. The molecule has 0 aliphatic heterocycles. The molecule has 0 bridgehead atoms. The molecule has 2 atom stereocenters. The fourth-order valence-corrected chi connectivity index (χ4v) is 2.98. The van der Waals surface area contributed by atoms with Gasteiger partial charge in [-0.1, -0.05) is 12.8 Å². The first-order chi connectivity index (χ1) is 7.65. The molecule has 1 aliphatic rings. The second kappa shape index (κ2) is 4.94. The Morgan fingerprint density at radius 3 is 2.24 bits per heavy atom. The molecule has 0 radical (unpaired) electrons. The van der Waals surface area contributed by atoms with E-state index in [9.17, 15) is 13.2 Å². The number of sulfonamides is 1. The van der Waals surface area contributed by atoms with E-state index in [2.05, 4.69) is 4.72 Å². The molecule has 100 valence electrons. The van der Waals surface area contributed by atoms with Gasteiger partial charge in [0.15, 0.2) is 0 Å². The second-order valence-corrected chi connectivity index (χ2v) is 8.04. The van der Waals surface area contributed by atoms with E-state index >= 15 is 0 Å². The number of hydrogen-bond acceptors (Lipinski definition) is 3. The van der Waals surface area contributed by atoms with Gasteiger partial charge in [-0.05, 0) is 33.6 Å². The summed E-state index contributed by atoms with van der Waals surface area (Å²) in [7, 11) is -3.48. The summed E-state index contributed by atoms with van der Waals surface area (Å²) in [6.07, 6.45) is 2.88. The summed E-state index contributed by atoms with van der Waals surface area (Å²) in [5.41, 5.74) is 0. The Bertz CT molecular complexity index is 383. The molecular formula is C11H21NO4S. The highest BCUT2D eigenvalue weighted by atomic mass is 32.2. The number of carboxylic acid groups (broad SMARTS) is 1. The quantitative estimate of drug-likeness (QED) is 0.805. The van der Waals surface area contributed by atoms with Gasteiger partial charge in [0.2, 0.25) is 10.0 Å². The van der Waals surface area contributed by atoms with E-state index in [1.165, 1.54) is 0 Å². The number of nitrogens with one attached hydrogen (secondary N) is 1. The monoisotopic (exact) mass is 263 g/mol. The summed E-state index contributed by atoms with van der Waals surface area (Å²) in [6, 6.07) is -0.467. The van der Waals surface area contributed by atoms with E-state index in [4.69, 9.17) is 5.11 Å². The average molecular weight is 263 g/mol. The zero-order chi connectivity index (χ0) is 13.3. The molecule has 2 unspecified atom stereocenters. The third-order valence-electron chi connectivity index (χ3n) is 3.20. The number of aliphatic carboxylic acids is 1. The van der Waals surface area contributed by atoms with Crippen molar-refractivity contribution >= 4 is 16.0 Å². The van der Waals surface area contributed by atoms with Crippen LogP contribution in [0.3, 0.4) is 0 Å². The summed E-state index contributed by atoms with van der Waals surface area (Å²) in [4.78, 5) is 11.1. The molecule has 0 aromatic carbocycles. The first kappa shape index (κ1) is 14.4. The average Bonchev–Trinajstić information content (AvgIpc) is 2.15. The summed E-state index contributed by atoms with van der Waals surface area (Å²) in [5.74, 6) is -1.51. The first-order valence-electron chi connectivity index (χ1n) is 5.90. The van der Waals surface area contributed by atoms with Crippen molar-refractivity contribution in [2.24, 2.45) is 5.92 Å². The molecule has 0 aromatic heterocycles. The third-order valence-corrected chi connectivity index (χ3v) is 5.42. The zero-order valence-corrected chi connectivity index (χ0v) is 11.4. The van der Waals surface area contributed by atoms with Crippen LogP contribution in [0.15, 0.2) is 0 Å². The molecule has 1 aliphatic carbocycles. The molecule has 1 fully saturated rings. The SMILES string of the molecule is CC(C)(C)S(=O)(=O)NC1CCCCC1C(=O)O. The molecular weight excluding hydrogens is 242 g/mol. The Morgan fingerprint density at radius 2 is 1.76 bits per heavy atom. The minimum absolute atomic E-state index is 0.467. The van der Waals surface area contributed by atoms with E-state index < -0.39 is 32.7 Å². The lowest BCUT2D eigenvalue weighted by molar-refractivity contribution is -0.143. The van der Waals surface area contributed by atoms with Crippen LogP contribution in [0.2, 0.25) is 0 Å². The van der Waals surface area contributed by atoms with Crippen LogP contribution < -0.4 is 4.72 Å². The van der Waals surface area contributed by atoms with E-state index in [-0.39, 0.29) is 0 Å². The van der Waals surface area contributed by atoms with Gasteiger partial charge in [0.05, 0.1) is 10.7 Å². The Labute approximate surface area is 103 Å². The van der Waals surface area contributed by atoms with Gasteiger partial charge in [0, 0.05) is 6.04 Å². The largest absolute Gasteiger partial charge is 0.481 e. The van der Waals surface area contributed by atoms with Crippen molar-refractivity contribution in [3.05, 3.63) is 0 Å². The molecule has 17 heavy (non-hydrogen) atoms. The number of carboxylic acids is 1. The summed E-state index contributed by atoms with van der Waals surface area (Å²) in [5, 5.41) is 9.07. The van der Waals surface area contributed by atoms with Crippen molar-refractivity contribution < 1.29 is 18.3 Å². The van der Waals surface area contributed by atoms with Gasteiger partial charge in [-0.15, -0.1) is 0 Å². The van der Waals surface area contributed by atoms with Crippen molar-refractivity contribution in [2.45, 2.75) is 57.2 Å². The van der Waals surface area contributed by atoms with Crippen LogP contribution in [0.25, 0.3) is 0 Å². The van der Waals surface area contributed by atoms with E-state index in [0.717, 1.165) is 12.8 Å². The van der Waals surface area contributed by atoms with Crippen LogP contribution in [0.1, 0.15) is 46.5 Å². The summed E-state index contributed by atoms with van der Waals surface area (Å²) >= 11 is 0. The van der Waals surface area contributed by atoms with Crippen molar-refractivity contribution in [1.82, 2.24) is 4.72 Å². The summed E-state index contributed by atoms with van der Waals surface area (Å²) in [6.45, 7) is 4.82. The highest BCUT2D eigenvalue weighted by molar-refractivity contribution is 7.90. The van der Waals surface area contributed by atoms with Gasteiger partial charge in [-0.25, -0.2) is 13.1 Å². The molecule has 5 nitrogen and oxygen atoms in total. The molecule has 2 N–H and O–H groups in total. The van der Waals surface area contributed by atoms with Crippen LogP contribution in [-0.2, 0) is 14.8 Å². The topological polar surface area (TPSA) is 83.5 Å². The van der Waals surface area contributed by atoms with Gasteiger partial charge in [-0.2, -0.15) is 0 Å². The molecule has 1 rings (SSSR count). The fraction of sp³-hybridized carbons (Fsp3) is 0.909. The van der Waals surface area contributed by atoms with Crippen LogP contribution in [0, 0.1) is 5.92 Å². The van der Waals surface area contributed by atoms with Crippen molar-refractivity contribution in [3.63, 3.8) is 0 Å². The Kier molecular flexibility index (Phi) is 4.19. The van der Waals surface area contributed by atoms with Crippen LogP contribution >= 0.6 is 0 Å². The fourth-order valence-electron chi connectivity index (χ4n) is 1.94. The minimum Gasteiger partial charge on any atom is -0.481 e. The lowest BCUT2D eigenvalue weighted by Gasteiger charge is -2.31. The first-order valence-corrected chi connectivity index (χ1v) is 7.38. The van der Waals surface area contributed by atoms with Crippen LogP contribution in [0.5, 0.6) is 0 Å². The van der Waals surface area contributed by atoms with Gasteiger partial charge in [0.25, 0.3) is 0 Å². The molecule has 0 amide bonds. The highest BCUT2D eigenvalue weighted by Crippen LogP contribution is 2.26. The van der Waals surface area contributed by atoms with Crippen molar-refractivity contribution in [3.8, 4) is 0 Å². The van der Waals surface area contributed by atoms with E-state index in [1.54, 1.807) is 20.8 Å². The molecule has 0 aromatic rings. The van der Waals surface area contributed by atoms with Crippen LogP contribution in [0.4, 0.5) is 0 Å². The normalized spacial score (nSPS) is 26.8. The Morgan fingerprint density at radius 1 is 1.24 bits per heavy atom. The highest BCUT2D eigenvalue weighted by Gasteiger charge is 2.37. The maximum absolute atomic E-state index is 12.0. The molecule has 0 spiro atoms. The molecule has 6 heteroatoms. The standard InChI is InChI=1S/C11H21NO4S/c1-11(2,3)17(15,16)12-9-7-5-4-6-8(9)10(13)14/h8-9,12H,4-7H2,1-3H3,(H,13,14). The van der Waals surface area contributed by atoms with E-state index in [0.29, 0.717) is 12.8 Å². The Hall–Kier alpha value is -0.620. The van der Waals surface area contributed by atoms with Gasteiger partial charge >= 0.3 is 5.97 Å². The summed E-state index contributed by atoms with van der Waals surface area (Å²) < 4.78 is 25.6. The number of hydrogen-bond donors (Lipinski definition) is 2. The van der Waals surface area contributed by atoms with Gasteiger partial charge in [-0.3, -0.25) is 4.79 Å². The molecule has 1 saturated carbocycles. The predicted octanol–water partition coefficient (Wildman–Crippen LogP) is 1.35. The number of rotatable bonds is 3. The predicted molar refractivity (Wildman–Crippen MR) is 65.2 cm³/mol. The smallest absolute Gasteiger partial charge is 0.308 e. The number of carbonyl (C=O) groups is 1. The van der Waals surface area contributed by atoms with Crippen molar-refractivity contribution in [2.75, 3.05) is 0 Å². The lowest BCUT2D eigenvalue weighted by Crippen LogP contribution is -2.50. The van der Waals surface area contributed by atoms with Crippen molar-refractivity contribution in [1.29, 1.82) is 0 Å². The Balaban J connectivity index is 2.82. The van der Waals surface area contributed by atoms with Crippen LogP contribution in [-0.4, -0.2) is 30.3 Å². The third kappa shape index (κ3) is 3.42. The van der Waals surface area contributed by atoms with Gasteiger partial charge < -0.3 is 5.11 Å². The minimum atomic E-state index is -3.48. The maximum Gasteiger partial charge on any atom is 0.308 e.